The van der Waals surface area contributed by atoms with Crippen molar-refractivity contribution < 1.29 is 5.11 Å². The van der Waals surface area contributed by atoms with E-state index in [1.807, 2.05) is 11.3 Å². The molecular weight excluding hydrogens is 206 g/mol. The van der Waals surface area contributed by atoms with Crippen LogP contribution in [0.15, 0.2) is 12.1 Å². The minimum atomic E-state index is -0.0319. The Hall–Kier alpha value is -0.380. The van der Waals surface area contributed by atoms with Crippen molar-refractivity contribution in [1.29, 1.82) is 0 Å². The fourth-order valence-electron chi connectivity index (χ4n) is 2.25. The van der Waals surface area contributed by atoms with Crippen LogP contribution in [0.1, 0.15) is 29.5 Å². The molecule has 1 aliphatic heterocycles. The fraction of sp³-hybridized carbons (Fsp3) is 0.667. The second kappa shape index (κ2) is 4.64. The van der Waals surface area contributed by atoms with E-state index >= 15 is 0 Å². The third-order valence-corrected chi connectivity index (χ3v) is 4.44. The van der Waals surface area contributed by atoms with Gasteiger partial charge in [-0.15, -0.1) is 11.3 Å². The molecule has 0 radical (unpaired) electrons. The maximum Gasteiger partial charge on any atom is 0.0616 e. The summed E-state index contributed by atoms with van der Waals surface area (Å²) in [6.07, 6.45) is 4.38. The Balaban J connectivity index is 2.05. The molecule has 1 atom stereocenters. The van der Waals surface area contributed by atoms with E-state index in [-0.39, 0.29) is 12.1 Å². The molecule has 1 aromatic heterocycles. The second-order valence-electron chi connectivity index (χ2n) is 4.37. The number of hydrogen-bond donors (Lipinski definition) is 2. The van der Waals surface area contributed by atoms with Crippen molar-refractivity contribution in [2.45, 2.75) is 38.1 Å². The summed E-state index contributed by atoms with van der Waals surface area (Å²) in [5.74, 6) is 0. The van der Waals surface area contributed by atoms with Crippen molar-refractivity contribution in [2.24, 2.45) is 0 Å². The zero-order valence-corrected chi connectivity index (χ0v) is 10.1. The van der Waals surface area contributed by atoms with Gasteiger partial charge in [0, 0.05) is 21.7 Å². The number of aliphatic hydroxyl groups is 1. The maximum absolute atomic E-state index is 9.48. The summed E-state index contributed by atoms with van der Waals surface area (Å²) in [4.78, 5) is 2.84. The van der Waals surface area contributed by atoms with Gasteiger partial charge in [0.1, 0.15) is 0 Å². The standard InChI is InChI=1S/C12H19NOS/c1-2-10-4-5-11(15-10)8-12(9-14)6-3-7-13-12/h4-5,13-14H,2-3,6-9H2,1H3. The Morgan fingerprint density at radius 2 is 2.27 bits per heavy atom. The number of hydrogen-bond acceptors (Lipinski definition) is 3. The molecule has 0 amide bonds. The van der Waals surface area contributed by atoms with E-state index in [0.29, 0.717) is 0 Å². The fourth-order valence-corrected chi connectivity index (χ4v) is 3.35. The average molecular weight is 225 g/mol. The van der Waals surface area contributed by atoms with Crippen LogP contribution in [-0.4, -0.2) is 23.8 Å². The van der Waals surface area contributed by atoms with E-state index in [2.05, 4.69) is 24.4 Å². The second-order valence-corrected chi connectivity index (χ2v) is 5.62. The average Bonchev–Trinajstić information content (AvgIpc) is 2.88. The van der Waals surface area contributed by atoms with Crippen LogP contribution in [0.3, 0.4) is 0 Å². The third-order valence-electron chi connectivity index (χ3n) is 3.21. The Bertz CT molecular complexity index is 315. The van der Waals surface area contributed by atoms with Crippen LogP contribution in [-0.2, 0) is 12.8 Å². The summed E-state index contributed by atoms with van der Waals surface area (Å²) < 4.78 is 0. The van der Waals surface area contributed by atoms with Crippen molar-refractivity contribution >= 4 is 11.3 Å². The van der Waals surface area contributed by atoms with Gasteiger partial charge in [-0.1, -0.05) is 6.92 Å². The van der Waals surface area contributed by atoms with Gasteiger partial charge >= 0.3 is 0 Å². The summed E-state index contributed by atoms with van der Waals surface area (Å²) >= 11 is 1.88. The van der Waals surface area contributed by atoms with Crippen molar-refractivity contribution in [2.75, 3.05) is 13.2 Å². The number of aliphatic hydroxyl groups excluding tert-OH is 1. The molecule has 1 fully saturated rings. The molecule has 1 saturated heterocycles. The first-order valence-electron chi connectivity index (χ1n) is 5.71. The summed E-state index contributed by atoms with van der Waals surface area (Å²) in [5, 5.41) is 12.9. The third kappa shape index (κ3) is 2.41. The summed E-state index contributed by atoms with van der Waals surface area (Å²) in [6, 6.07) is 4.42. The maximum atomic E-state index is 9.48. The molecule has 1 aromatic rings. The number of aryl methyl sites for hydroxylation is 1. The van der Waals surface area contributed by atoms with Crippen LogP contribution < -0.4 is 5.32 Å². The quantitative estimate of drug-likeness (QED) is 0.821. The van der Waals surface area contributed by atoms with Crippen molar-refractivity contribution in [3.8, 4) is 0 Å². The largest absolute Gasteiger partial charge is 0.394 e. The number of thiophene rings is 1. The highest BCUT2D eigenvalue weighted by molar-refractivity contribution is 7.12. The van der Waals surface area contributed by atoms with Gasteiger partial charge < -0.3 is 10.4 Å². The van der Waals surface area contributed by atoms with Crippen LogP contribution >= 0.6 is 11.3 Å². The molecule has 3 heteroatoms. The molecule has 0 bridgehead atoms. The first-order valence-corrected chi connectivity index (χ1v) is 6.53. The van der Waals surface area contributed by atoms with Gasteiger partial charge in [0.25, 0.3) is 0 Å². The Morgan fingerprint density at radius 3 is 2.80 bits per heavy atom. The first-order chi connectivity index (χ1) is 7.28. The van der Waals surface area contributed by atoms with Crippen LogP contribution in [0.25, 0.3) is 0 Å². The Kier molecular flexibility index (Phi) is 3.44. The zero-order chi connectivity index (χ0) is 10.7. The van der Waals surface area contributed by atoms with Crippen LogP contribution in [0.2, 0.25) is 0 Å². The first kappa shape index (κ1) is 11.1. The predicted octanol–water partition coefficient (Wildman–Crippen LogP) is 1.97. The van der Waals surface area contributed by atoms with E-state index in [1.54, 1.807) is 0 Å². The molecular formula is C12H19NOS. The van der Waals surface area contributed by atoms with E-state index in [1.165, 1.54) is 16.2 Å². The minimum Gasteiger partial charge on any atom is -0.394 e. The smallest absolute Gasteiger partial charge is 0.0616 e. The SMILES string of the molecule is CCc1ccc(CC2(CO)CCCN2)s1. The van der Waals surface area contributed by atoms with E-state index < -0.39 is 0 Å². The molecule has 1 aliphatic rings. The molecule has 0 spiro atoms. The number of rotatable bonds is 4. The predicted molar refractivity (Wildman–Crippen MR) is 64.5 cm³/mol. The topological polar surface area (TPSA) is 32.3 Å². The monoisotopic (exact) mass is 225 g/mol. The molecule has 2 N–H and O–H groups in total. The van der Waals surface area contributed by atoms with Crippen LogP contribution in [0.5, 0.6) is 0 Å². The van der Waals surface area contributed by atoms with Gasteiger partial charge in [0.05, 0.1) is 6.61 Å². The summed E-state index contributed by atoms with van der Waals surface area (Å²) in [6.45, 7) is 3.49. The lowest BCUT2D eigenvalue weighted by Gasteiger charge is -2.26. The lowest BCUT2D eigenvalue weighted by Crippen LogP contribution is -2.45. The van der Waals surface area contributed by atoms with Gasteiger partial charge in [-0.2, -0.15) is 0 Å². The molecule has 0 aliphatic carbocycles. The van der Waals surface area contributed by atoms with E-state index in [9.17, 15) is 5.11 Å². The lowest BCUT2D eigenvalue weighted by atomic mass is 9.94. The zero-order valence-electron chi connectivity index (χ0n) is 9.25. The highest BCUT2D eigenvalue weighted by atomic mass is 32.1. The molecule has 2 nitrogen and oxygen atoms in total. The summed E-state index contributed by atoms with van der Waals surface area (Å²) in [5.41, 5.74) is -0.0319. The van der Waals surface area contributed by atoms with Crippen molar-refractivity contribution in [3.63, 3.8) is 0 Å². The molecule has 0 saturated carbocycles. The van der Waals surface area contributed by atoms with Gasteiger partial charge in [-0.3, -0.25) is 0 Å². The highest BCUT2D eigenvalue weighted by Gasteiger charge is 2.33. The van der Waals surface area contributed by atoms with Crippen LogP contribution in [0.4, 0.5) is 0 Å². The van der Waals surface area contributed by atoms with Crippen LogP contribution in [0, 0.1) is 0 Å². The molecule has 0 aromatic carbocycles. The van der Waals surface area contributed by atoms with Gasteiger partial charge in [-0.05, 0) is 37.9 Å². The molecule has 84 valence electrons. The minimum absolute atomic E-state index is 0.0319. The molecule has 15 heavy (non-hydrogen) atoms. The van der Waals surface area contributed by atoms with Gasteiger partial charge in [0.2, 0.25) is 0 Å². The molecule has 2 rings (SSSR count). The Morgan fingerprint density at radius 1 is 1.47 bits per heavy atom. The van der Waals surface area contributed by atoms with Gasteiger partial charge in [0.15, 0.2) is 0 Å². The Labute approximate surface area is 95.3 Å². The van der Waals surface area contributed by atoms with Crippen molar-refractivity contribution in [1.82, 2.24) is 5.32 Å². The van der Waals surface area contributed by atoms with Crippen molar-refractivity contribution in [3.05, 3.63) is 21.9 Å². The molecule has 2 heterocycles. The normalized spacial score (nSPS) is 26.0. The van der Waals surface area contributed by atoms with E-state index in [4.69, 9.17) is 0 Å². The molecule has 1 unspecified atom stereocenters. The number of nitrogens with one attached hydrogen (secondary N) is 1. The van der Waals surface area contributed by atoms with Gasteiger partial charge in [-0.25, -0.2) is 0 Å². The summed E-state index contributed by atoms with van der Waals surface area (Å²) in [7, 11) is 0. The highest BCUT2D eigenvalue weighted by Crippen LogP contribution is 2.27. The lowest BCUT2D eigenvalue weighted by molar-refractivity contribution is 0.178. The van der Waals surface area contributed by atoms with E-state index in [0.717, 1.165) is 25.8 Å².